The molecule has 2 rings (SSSR count). The summed E-state index contributed by atoms with van der Waals surface area (Å²) >= 11 is 0. The zero-order valence-corrected chi connectivity index (χ0v) is 10.0. The Hall–Kier alpha value is -1.42. The number of pyridine rings is 1. The van der Waals surface area contributed by atoms with Crippen molar-refractivity contribution in [2.75, 3.05) is 13.1 Å². The molecule has 4 heteroatoms. The van der Waals surface area contributed by atoms with Crippen LogP contribution in [0.15, 0.2) is 24.5 Å². The van der Waals surface area contributed by atoms with E-state index in [9.17, 15) is 9.90 Å². The van der Waals surface area contributed by atoms with Crippen LogP contribution in [0.5, 0.6) is 0 Å². The summed E-state index contributed by atoms with van der Waals surface area (Å²) in [6, 6.07) is 3.91. The summed E-state index contributed by atoms with van der Waals surface area (Å²) in [5.41, 5.74) is 1.16. The molecule has 0 radical (unpaired) electrons. The summed E-state index contributed by atoms with van der Waals surface area (Å²) in [7, 11) is 0. The first kappa shape index (κ1) is 12.0. The van der Waals surface area contributed by atoms with Crippen molar-refractivity contribution in [3.63, 3.8) is 0 Å². The second kappa shape index (κ2) is 5.27. The highest BCUT2D eigenvalue weighted by atomic mass is 16.3. The first-order chi connectivity index (χ1) is 8.20. The summed E-state index contributed by atoms with van der Waals surface area (Å²) in [4.78, 5) is 17.3. The molecule has 92 valence electrons. The number of aromatic nitrogens is 1. The number of carbonyl (C=O) groups excluding carboxylic acids is 1. The van der Waals surface area contributed by atoms with Gasteiger partial charge in [-0.25, -0.2) is 0 Å². The maximum Gasteiger partial charge on any atom is 0.222 e. The van der Waals surface area contributed by atoms with Crippen LogP contribution >= 0.6 is 0 Å². The molecule has 1 saturated heterocycles. The van der Waals surface area contributed by atoms with Gasteiger partial charge in [-0.05, 0) is 24.1 Å². The lowest BCUT2D eigenvalue weighted by Gasteiger charge is -2.14. The van der Waals surface area contributed by atoms with Gasteiger partial charge in [0.2, 0.25) is 5.91 Å². The number of aliphatic hydroxyl groups is 1. The van der Waals surface area contributed by atoms with Crippen LogP contribution in [0.1, 0.15) is 18.9 Å². The molecule has 0 saturated carbocycles. The second-order valence-corrected chi connectivity index (χ2v) is 4.54. The number of hydrogen-bond acceptors (Lipinski definition) is 3. The molecule has 1 aliphatic rings. The SMILES string of the molecule is CCC(=O)N1C[C@@H](Cc2ccncc2)[C@H](O)C1. The highest BCUT2D eigenvalue weighted by Gasteiger charge is 2.33. The van der Waals surface area contributed by atoms with Crippen LogP contribution < -0.4 is 0 Å². The topological polar surface area (TPSA) is 53.4 Å². The van der Waals surface area contributed by atoms with E-state index in [2.05, 4.69) is 4.98 Å². The van der Waals surface area contributed by atoms with Gasteiger partial charge < -0.3 is 10.0 Å². The standard InChI is InChI=1S/C13H18N2O2/c1-2-13(17)15-8-11(12(16)9-15)7-10-3-5-14-6-4-10/h3-6,11-12,16H,2,7-9H2,1H3/t11-,12-/m1/s1. The number of nitrogens with zero attached hydrogens (tertiary/aromatic N) is 2. The van der Waals surface area contributed by atoms with Crippen molar-refractivity contribution < 1.29 is 9.90 Å². The summed E-state index contributed by atoms with van der Waals surface area (Å²) in [6.45, 7) is 2.99. The maximum absolute atomic E-state index is 11.6. The van der Waals surface area contributed by atoms with Crippen LogP contribution in [0.3, 0.4) is 0 Å². The molecular formula is C13H18N2O2. The first-order valence-corrected chi connectivity index (χ1v) is 6.05. The molecule has 1 N–H and O–H groups in total. The Balaban J connectivity index is 1.97. The monoisotopic (exact) mass is 234 g/mol. The van der Waals surface area contributed by atoms with E-state index >= 15 is 0 Å². The molecule has 17 heavy (non-hydrogen) atoms. The van der Waals surface area contributed by atoms with Crippen molar-refractivity contribution >= 4 is 5.91 Å². The number of β-amino-alcohol motifs (C(OH)–C–C–N with tert-alkyl or cyclic N) is 1. The van der Waals surface area contributed by atoms with Crippen molar-refractivity contribution in [1.82, 2.24) is 9.88 Å². The Labute approximate surface area is 101 Å². The fourth-order valence-electron chi connectivity index (χ4n) is 2.30. The third-order valence-corrected chi connectivity index (χ3v) is 3.31. The third-order valence-electron chi connectivity index (χ3n) is 3.31. The lowest BCUT2D eigenvalue weighted by Crippen LogP contribution is -2.28. The largest absolute Gasteiger partial charge is 0.391 e. The van der Waals surface area contributed by atoms with Gasteiger partial charge >= 0.3 is 0 Å². The minimum atomic E-state index is -0.404. The van der Waals surface area contributed by atoms with Gasteiger partial charge in [0.05, 0.1) is 6.10 Å². The fraction of sp³-hybridized carbons (Fsp3) is 0.538. The van der Waals surface area contributed by atoms with Crippen LogP contribution in [0.25, 0.3) is 0 Å². The smallest absolute Gasteiger partial charge is 0.222 e. The third kappa shape index (κ3) is 2.82. The molecule has 0 aliphatic carbocycles. The Kier molecular flexibility index (Phi) is 3.74. The van der Waals surface area contributed by atoms with E-state index in [1.165, 1.54) is 0 Å². The number of aliphatic hydroxyl groups excluding tert-OH is 1. The Morgan fingerprint density at radius 3 is 2.82 bits per heavy atom. The van der Waals surface area contributed by atoms with Gasteiger partial charge in [0, 0.05) is 37.8 Å². The minimum Gasteiger partial charge on any atom is -0.391 e. The summed E-state index contributed by atoms with van der Waals surface area (Å²) < 4.78 is 0. The van der Waals surface area contributed by atoms with Crippen molar-refractivity contribution in [2.45, 2.75) is 25.9 Å². The molecule has 0 bridgehead atoms. The van der Waals surface area contributed by atoms with E-state index in [4.69, 9.17) is 0 Å². The van der Waals surface area contributed by atoms with Crippen molar-refractivity contribution in [3.05, 3.63) is 30.1 Å². The molecule has 1 amide bonds. The summed E-state index contributed by atoms with van der Waals surface area (Å²) in [5, 5.41) is 9.96. The Bertz CT molecular complexity index is 380. The summed E-state index contributed by atoms with van der Waals surface area (Å²) in [6.07, 6.45) is 4.42. The molecule has 1 fully saturated rings. The van der Waals surface area contributed by atoms with E-state index in [1.54, 1.807) is 17.3 Å². The maximum atomic E-state index is 11.6. The van der Waals surface area contributed by atoms with Crippen molar-refractivity contribution in [2.24, 2.45) is 5.92 Å². The van der Waals surface area contributed by atoms with Crippen LogP contribution in [0, 0.1) is 5.92 Å². The lowest BCUT2D eigenvalue weighted by atomic mass is 9.97. The molecule has 2 heterocycles. The molecule has 0 spiro atoms. The first-order valence-electron chi connectivity index (χ1n) is 6.05. The predicted molar refractivity (Wildman–Crippen MR) is 64.3 cm³/mol. The molecule has 1 aliphatic heterocycles. The van der Waals surface area contributed by atoms with Gasteiger partial charge in [-0.2, -0.15) is 0 Å². The normalized spacial score (nSPS) is 24.0. The number of rotatable bonds is 3. The Morgan fingerprint density at radius 1 is 1.47 bits per heavy atom. The van der Waals surface area contributed by atoms with E-state index < -0.39 is 6.10 Å². The second-order valence-electron chi connectivity index (χ2n) is 4.54. The van der Waals surface area contributed by atoms with Gasteiger partial charge in [-0.1, -0.05) is 6.92 Å². The molecule has 1 aromatic rings. The van der Waals surface area contributed by atoms with Crippen LogP contribution in [0.4, 0.5) is 0 Å². The van der Waals surface area contributed by atoms with Gasteiger partial charge in [0.25, 0.3) is 0 Å². The number of likely N-dealkylation sites (tertiary alicyclic amines) is 1. The molecule has 2 atom stereocenters. The van der Waals surface area contributed by atoms with Gasteiger partial charge in [-0.15, -0.1) is 0 Å². The van der Waals surface area contributed by atoms with Crippen molar-refractivity contribution in [1.29, 1.82) is 0 Å². The molecule has 4 nitrogen and oxygen atoms in total. The minimum absolute atomic E-state index is 0.126. The molecular weight excluding hydrogens is 216 g/mol. The van der Waals surface area contributed by atoms with E-state index in [1.807, 2.05) is 19.1 Å². The van der Waals surface area contributed by atoms with Crippen molar-refractivity contribution in [3.8, 4) is 0 Å². The molecule has 1 aromatic heterocycles. The predicted octanol–water partition coefficient (Wildman–Crippen LogP) is 0.853. The van der Waals surface area contributed by atoms with Crippen LogP contribution in [-0.4, -0.2) is 40.1 Å². The molecule has 0 unspecified atom stereocenters. The van der Waals surface area contributed by atoms with Gasteiger partial charge in [0.15, 0.2) is 0 Å². The number of carbonyl (C=O) groups is 1. The zero-order valence-electron chi connectivity index (χ0n) is 10.0. The fourth-order valence-corrected chi connectivity index (χ4v) is 2.30. The highest BCUT2D eigenvalue weighted by molar-refractivity contribution is 5.76. The Morgan fingerprint density at radius 2 is 2.18 bits per heavy atom. The quantitative estimate of drug-likeness (QED) is 0.843. The molecule has 0 aromatic carbocycles. The average molecular weight is 234 g/mol. The van der Waals surface area contributed by atoms with Crippen LogP contribution in [-0.2, 0) is 11.2 Å². The van der Waals surface area contributed by atoms with Gasteiger partial charge in [0.1, 0.15) is 0 Å². The van der Waals surface area contributed by atoms with E-state index in [0.717, 1.165) is 12.0 Å². The van der Waals surface area contributed by atoms with Gasteiger partial charge in [-0.3, -0.25) is 9.78 Å². The van der Waals surface area contributed by atoms with Crippen LogP contribution in [0.2, 0.25) is 0 Å². The van der Waals surface area contributed by atoms with E-state index in [-0.39, 0.29) is 11.8 Å². The summed E-state index contributed by atoms with van der Waals surface area (Å²) in [5.74, 6) is 0.272. The highest BCUT2D eigenvalue weighted by Crippen LogP contribution is 2.21. The van der Waals surface area contributed by atoms with E-state index in [0.29, 0.717) is 19.5 Å². The number of hydrogen-bond donors (Lipinski definition) is 1. The average Bonchev–Trinajstić information content (AvgIpc) is 2.71. The zero-order chi connectivity index (χ0) is 12.3. The number of amides is 1. The lowest BCUT2D eigenvalue weighted by molar-refractivity contribution is -0.130.